The summed E-state index contributed by atoms with van der Waals surface area (Å²) in [5, 5.41) is 13.6. The zero-order chi connectivity index (χ0) is 21.4. The highest BCUT2D eigenvalue weighted by atomic mass is 16.5. The molecule has 0 unspecified atom stereocenters. The van der Waals surface area contributed by atoms with Gasteiger partial charge in [0.25, 0.3) is 0 Å². The molecular weight excluding hydrogens is 390 g/mol. The summed E-state index contributed by atoms with van der Waals surface area (Å²) in [4.78, 5) is 22.5. The molecule has 1 saturated carbocycles. The van der Waals surface area contributed by atoms with Gasteiger partial charge in [0, 0.05) is 30.7 Å². The average Bonchev–Trinajstić information content (AvgIpc) is 3.62. The van der Waals surface area contributed by atoms with Crippen LogP contribution in [0.5, 0.6) is 0 Å². The Balaban J connectivity index is 1.26. The van der Waals surface area contributed by atoms with Crippen LogP contribution in [0.1, 0.15) is 43.6 Å². The van der Waals surface area contributed by atoms with Gasteiger partial charge < -0.3 is 15.4 Å². The Morgan fingerprint density at radius 2 is 1.87 bits per heavy atom. The van der Waals surface area contributed by atoms with Gasteiger partial charge in [-0.2, -0.15) is 4.98 Å². The molecule has 0 spiro atoms. The molecule has 3 heterocycles. The van der Waals surface area contributed by atoms with Crippen LogP contribution in [0.3, 0.4) is 0 Å². The number of benzene rings is 1. The summed E-state index contributed by atoms with van der Waals surface area (Å²) in [5.74, 6) is 1.83. The van der Waals surface area contributed by atoms with E-state index >= 15 is 0 Å². The lowest BCUT2D eigenvalue weighted by Gasteiger charge is -2.35. The Kier molecular flexibility index (Phi) is 5.10. The van der Waals surface area contributed by atoms with E-state index in [0.717, 1.165) is 37.5 Å². The van der Waals surface area contributed by atoms with Crippen LogP contribution in [-0.4, -0.2) is 37.9 Å². The summed E-state index contributed by atoms with van der Waals surface area (Å²) < 4.78 is 0.468. The van der Waals surface area contributed by atoms with Crippen LogP contribution in [0, 0.1) is 5.92 Å². The first-order valence-corrected chi connectivity index (χ1v) is 11.0. The number of rotatable bonds is 6. The van der Waals surface area contributed by atoms with Crippen molar-refractivity contribution in [2.24, 2.45) is 5.92 Å². The smallest absolute Gasteiger partial charge is 0.384 e. The molecular formula is C24H27N5O2. The van der Waals surface area contributed by atoms with E-state index in [9.17, 15) is 10.0 Å². The number of hydrogen-bond donors (Lipinski definition) is 2. The molecule has 5 rings (SSSR count). The van der Waals surface area contributed by atoms with Crippen LogP contribution in [-0.2, 0) is 0 Å². The monoisotopic (exact) mass is 417 g/mol. The number of pyridine rings is 1. The molecule has 160 valence electrons. The molecule has 1 saturated heterocycles. The lowest BCUT2D eigenvalue weighted by molar-refractivity contribution is 0.182. The molecule has 1 aromatic carbocycles. The van der Waals surface area contributed by atoms with E-state index in [0.29, 0.717) is 21.9 Å². The highest BCUT2D eigenvalue weighted by Gasteiger charge is 2.26. The predicted molar refractivity (Wildman–Crippen MR) is 121 cm³/mol. The minimum atomic E-state index is -0.764. The van der Waals surface area contributed by atoms with Gasteiger partial charge in [0.05, 0.1) is 5.39 Å². The van der Waals surface area contributed by atoms with Crippen molar-refractivity contribution in [3.05, 3.63) is 70.9 Å². The Morgan fingerprint density at radius 1 is 1.13 bits per heavy atom. The van der Waals surface area contributed by atoms with Crippen molar-refractivity contribution in [3.63, 3.8) is 0 Å². The second-order valence-corrected chi connectivity index (χ2v) is 8.65. The summed E-state index contributed by atoms with van der Waals surface area (Å²) >= 11 is 0. The fraction of sp³-hybridized carbons (Fsp3) is 0.375. The van der Waals surface area contributed by atoms with Gasteiger partial charge in [-0.3, -0.25) is 0 Å². The average molecular weight is 418 g/mol. The van der Waals surface area contributed by atoms with E-state index in [-0.39, 0.29) is 5.65 Å². The Hall–Kier alpha value is -3.35. The van der Waals surface area contributed by atoms with E-state index in [1.807, 2.05) is 12.1 Å². The normalized spacial score (nSPS) is 17.1. The second kappa shape index (κ2) is 8.06. The summed E-state index contributed by atoms with van der Waals surface area (Å²) in [6.45, 7) is 6.47. The Labute approximate surface area is 181 Å². The highest BCUT2D eigenvalue weighted by molar-refractivity contribution is 5.88. The third kappa shape index (κ3) is 4.13. The first kappa shape index (κ1) is 19.6. The molecule has 2 aliphatic rings. The molecule has 1 aliphatic heterocycles. The maximum atomic E-state index is 12.0. The fourth-order valence-electron chi connectivity index (χ4n) is 4.43. The largest absolute Gasteiger partial charge is 0.422 e. The topological polar surface area (TPSA) is 83.3 Å². The van der Waals surface area contributed by atoms with E-state index in [1.54, 1.807) is 12.1 Å². The standard InChI is InChI=1S/C24H27N5O2/c1-16(15-17-4-5-17)28-13-10-19(11-14-28)18-6-8-20(9-7-18)26-22-21-3-2-12-25-23(21)29(31)24(30)27-22/h2-3,6-9,12,17,19,31H,1,4-5,10-11,13-15H2,(H,26,27,30). The summed E-state index contributed by atoms with van der Waals surface area (Å²) in [6, 6.07) is 11.8. The number of nitrogens with one attached hydrogen (secondary N) is 1. The zero-order valence-corrected chi connectivity index (χ0v) is 17.5. The summed E-state index contributed by atoms with van der Waals surface area (Å²) in [6.07, 6.45) is 7.73. The van der Waals surface area contributed by atoms with Gasteiger partial charge in [0.2, 0.25) is 0 Å². The van der Waals surface area contributed by atoms with E-state index in [2.05, 4.69) is 38.9 Å². The van der Waals surface area contributed by atoms with Crippen molar-refractivity contribution in [2.45, 2.75) is 38.0 Å². The van der Waals surface area contributed by atoms with Crippen LogP contribution in [0.15, 0.2) is 59.7 Å². The molecule has 3 aromatic rings. The van der Waals surface area contributed by atoms with Gasteiger partial charge in [-0.1, -0.05) is 18.7 Å². The number of fused-ring (bicyclic) bond motifs is 1. The van der Waals surface area contributed by atoms with Crippen LogP contribution >= 0.6 is 0 Å². The Morgan fingerprint density at radius 3 is 2.58 bits per heavy atom. The molecule has 1 aliphatic carbocycles. The SMILES string of the molecule is C=C(CC1CC1)N1CCC(c2ccc(Nc3nc(=O)n(O)c4ncccc34)cc2)CC1. The molecule has 31 heavy (non-hydrogen) atoms. The molecule has 0 bridgehead atoms. The van der Waals surface area contributed by atoms with Gasteiger partial charge in [-0.15, -0.1) is 4.73 Å². The van der Waals surface area contributed by atoms with Crippen molar-refractivity contribution < 1.29 is 5.21 Å². The molecule has 7 nitrogen and oxygen atoms in total. The van der Waals surface area contributed by atoms with Gasteiger partial charge in [0.1, 0.15) is 5.82 Å². The number of nitrogens with zero attached hydrogens (tertiary/aromatic N) is 4. The van der Waals surface area contributed by atoms with E-state index in [1.165, 1.54) is 36.7 Å². The minimum Gasteiger partial charge on any atom is -0.422 e. The molecule has 0 amide bonds. The van der Waals surface area contributed by atoms with Gasteiger partial charge in [-0.05, 0) is 73.8 Å². The number of allylic oxidation sites excluding steroid dienone is 1. The van der Waals surface area contributed by atoms with Crippen molar-refractivity contribution >= 4 is 22.5 Å². The lowest BCUT2D eigenvalue weighted by Crippen LogP contribution is -2.32. The quantitative estimate of drug-likeness (QED) is 0.583. The van der Waals surface area contributed by atoms with Crippen LogP contribution < -0.4 is 11.0 Å². The molecule has 2 fully saturated rings. The number of piperidine rings is 1. The highest BCUT2D eigenvalue weighted by Crippen LogP contribution is 2.37. The first-order valence-electron chi connectivity index (χ1n) is 11.0. The van der Waals surface area contributed by atoms with Gasteiger partial charge in [-0.25, -0.2) is 9.78 Å². The van der Waals surface area contributed by atoms with E-state index in [4.69, 9.17) is 0 Å². The lowest BCUT2D eigenvalue weighted by atomic mass is 9.89. The maximum absolute atomic E-state index is 12.0. The molecule has 0 radical (unpaired) electrons. The number of likely N-dealkylation sites (tertiary alicyclic amines) is 1. The van der Waals surface area contributed by atoms with E-state index < -0.39 is 5.69 Å². The summed E-state index contributed by atoms with van der Waals surface area (Å²) in [7, 11) is 0. The maximum Gasteiger partial charge on any atom is 0.384 e. The van der Waals surface area contributed by atoms with Crippen LogP contribution in [0.2, 0.25) is 0 Å². The van der Waals surface area contributed by atoms with Crippen molar-refractivity contribution in [2.75, 3.05) is 18.4 Å². The van der Waals surface area contributed by atoms with Crippen molar-refractivity contribution in [1.82, 2.24) is 19.6 Å². The number of aromatic nitrogens is 3. The van der Waals surface area contributed by atoms with Crippen LogP contribution in [0.4, 0.5) is 11.5 Å². The third-order valence-corrected chi connectivity index (χ3v) is 6.44. The van der Waals surface area contributed by atoms with Crippen molar-refractivity contribution in [3.8, 4) is 0 Å². The molecule has 7 heteroatoms. The number of hydrogen-bond acceptors (Lipinski definition) is 6. The minimum absolute atomic E-state index is 0.177. The number of anilines is 2. The molecule has 2 aromatic heterocycles. The predicted octanol–water partition coefficient (Wildman–Crippen LogP) is 4.27. The van der Waals surface area contributed by atoms with Crippen molar-refractivity contribution in [1.29, 1.82) is 0 Å². The van der Waals surface area contributed by atoms with Gasteiger partial charge in [0.15, 0.2) is 5.65 Å². The first-order chi connectivity index (χ1) is 15.1. The van der Waals surface area contributed by atoms with Gasteiger partial charge >= 0.3 is 5.69 Å². The second-order valence-electron chi connectivity index (χ2n) is 8.65. The third-order valence-electron chi connectivity index (χ3n) is 6.44. The zero-order valence-electron chi connectivity index (χ0n) is 17.5. The fourth-order valence-corrected chi connectivity index (χ4v) is 4.43. The molecule has 2 N–H and O–H groups in total. The Bertz CT molecular complexity index is 1160. The van der Waals surface area contributed by atoms with Crippen LogP contribution in [0.25, 0.3) is 11.0 Å². The molecule has 0 atom stereocenters. The summed E-state index contributed by atoms with van der Waals surface area (Å²) in [5.41, 5.74) is 2.91.